The largest absolute Gasteiger partial charge is 0.294 e. The van der Waals surface area contributed by atoms with E-state index >= 15 is 0 Å². The number of carbonyl (C=O) groups is 1. The maximum absolute atomic E-state index is 13.5. The van der Waals surface area contributed by atoms with E-state index in [0.717, 1.165) is 22.3 Å². The van der Waals surface area contributed by atoms with Crippen molar-refractivity contribution >= 4 is 33.3 Å². The number of aromatic nitrogens is 2. The number of nitrogens with zero attached hydrogens (tertiary/aromatic N) is 2. The van der Waals surface area contributed by atoms with Gasteiger partial charge in [0.2, 0.25) is 0 Å². The predicted molar refractivity (Wildman–Crippen MR) is 84.4 cm³/mol. The van der Waals surface area contributed by atoms with Crippen molar-refractivity contribution in [3.05, 3.63) is 50.5 Å². The fourth-order valence-corrected chi connectivity index (χ4v) is 3.09. The maximum Gasteiger partial charge on any atom is 0.170 e. The summed E-state index contributed by atoms with van der Waals surface area (Å²) in [6.07, 6.45) is 0.903. The van der Waals surface area contributed by atoms with E-state index < -0.39 is 5.82 Å². The Balaban J connectivity index is 2.36. The zero-order valence-corrected chi connectivity index (χ0v) is 14.1. The molecule has 0 atom stereocenters. The Morgan fingerprint density at radius 3 is 2.76 bits per heavy atom. The Morgan fingerprint density at radius 2 is 2.14 bits per heavy atom. The van der Waals surface area contributed by atoms with Crippen LogP contribution in [0.2, 0.25) is 5.02 Å². The number of aryl methyl sites for hydroxylation is 2. The van der Waals surface area contributed by atoms with Crippen LogP contribution in [0.15, 0.2) is 22.7 Å². The van der Waals surface area contributed by atoms with Crippen molar-refractivity contribution < 1.29 is 9.18 Å². The van der Waals surface area contributed by atoms with Crippen LogP contribution in [0.1, 0.15) is 35.6 Å². The first-order chi connectivity index (χ1) is 9.99. The topological polar surface area (TPSA) is 34.9 Å². The minimum atomic E-state index is -0.583. The molecule has 0 bridgehead atoms. The van der Waals surface area contributed by atoms with Gasteiger partial charge in [-0.05, 0) is 41.4 Å². The average Bonchev–Trinajstić information content (AvgIpc) is 2.78. The lowest BCUT2D eigenvalue weighted by Crippen LogP contribution is -2.11. The van der Waals surface area contributed by atoms with E-state index in [1.807, 2.05) is 13.8 Å². The zero-order chi connectivity index (χ0) is 15.6. The fourth-order valence-electron chi connectivity index (χ4n) is 2.15. The quantitative estimate of drug-likeness (QED) is 0.726. The third-order valence-corrected chi connectivity index (χ3v) is 4.57. The Morgan fingerprint density at radius 1 is 1.43 bits per heavy atom. The minimum absolute atomic E-state index is 0.128. The molecule has 0 amide bonds. The van der Waals surface area contributed by atoms with Gasteiger partial charge in [0.25, 0.3) is 0 Å². The van der Waals surface area contributed by atoms with Crippen LogP contribution in [0.25, 0.3) is 0 Å². The Kier molecular flexibility index (Phi) is 5.17. The molecule has 0 aliphatic heterocycles. The molecule has 112 valence electrons. The summed E-state index contributed by atoms with van der Waals surface area (Å²) in [4.78, 5) is 12.4. The molecule has 1 aromatic carbocycles. The minimum Gasteiger partial charge on any atom is -0.294 e. The van der Waals surface area contributed by atoms with Crippen molar-refractivity contribution in [2.75, 3.05) is 0 Å². The molecule has 1 heterocycles. The van der Waals surface area contributed by atoms with Crippen molar-refractivity contribution in [2.45, 2.75) is 33.2 Å². The van der Waals surface area contributed by atoms with E-state index in [-0.39, 0.29) is 22.8 Å². The molecule has 2 aromatic rings. The van der Waals surface area contributed by atoms with Crippen molar-refractivity contribution in [2.24, 2.45) is 0 Å². The highest BCUT2D eigenvalue weighted by Gasteiger charge is 2.20. The van der Waals surface area contributed by atoms with E-state index in [9.17, 15) is 9.18 Å². The number of hydrogen-bond acceptors (Lipinski definition) is 2. The smallest absolute Gasteiger partial charge is 0.170 e. The Labute approximate surface area is 136 Å². The highest BCUT2D eigenvalue weighted by Crippen LogP contribution is 2.26. The first-order valence-corrected chi connectivity index (χ1v) is 7.87. The summed E-state index contributed by atoms with van der Waals surface area (Å²) in [7, 11) is 0. The summed E-state index contributed by atoms with van der Waals surface area (Å²) in [5.41, 5.74) is 1.90. The molecular weight excluding hydrogens is 359 g/mol. The third-order valence-electron chi connectivity index (χ3n) is 3.27. The first kappa shape index (κ1) is 16.2. The van der Waals surface area contributed by atoms with E-state index in [0.29, 0.717) is 6.54 Å². The molecule has 3 nitrogen and oxygen atoms in total. The molecule has 0 aliphatic rings. The first-order valence-electron chi connectivity index (χ1n) is 6.70. The van der Waals surface area contributed by atoms with Gasteiger partial charge in [0.05, 0.1) is 27.3 Å². The molecule has 0 N–H and O–H groups in total. The summed E-state index contributed by atoms with van der Waals surface area (Å²) >= 11 is 9.36. The van der Waals surface area contributed by atoms with Gasteiger partial charge < -0.3 is 0 Å². The Bertz CT molecular complexity index is 685. The lowest BCUT2D eigenvalue weighted by molar-refractivity contribution is 0.0990. The molecule has 0 spiro atoms. The van der Waals surface area contributed by atoms with Crippen LogP contribution in [-0.2, 0) is 19.4 Å². The molecule has 0 saturated carbocycles. The number of hydrogen-bond donors (Lipinski definition) is 0. The van der Waals surface area contributed by atoms with Gasteiger partial charge in [0.15, 0.2) is 5.78 Å². The molecule has 0 radical (unpaired) electrons. The van der Waals surface area contributed by atoms with Crippen LogP contribution in [0.4, 0.5) is 4.39 Å². The van der Waals surface area contributed by atoms with Crippen LogP contribution in [0.5, 0.6) is 0 Å². The second-order valence-corrected chi connectivity index (χ2v) is 5.75. The second-order valence-electron chi connectivity index (χ2n) is 4.58. The summed E-state index contributed by atoms with van der Waals surface area (Å²) in [6.45, 7) is 4.63. The number of ketones is 1. The lowest BCUT2D eigenvalue weighted by atomic mass is 10.1. The molecule has 1 aromatic heterocycles. The summed E-state index contributed by atoms with van der Waals surface area (Å²) in [5, 5.41) is 4.32. The van der Waals surface area contributed by atoms with Crippen LogP contribution in [0.3, 0.4) is 0 Å². The van der Waals surface area contributed by atoms with Gasteiger partial charge in [0, 0.05) is 12.1 Å². The van der Waals surface area contributed by atoms with Crippen molar-refractivity contribution in [3.63, 3.8) is 0 Å². The van der Waals surface area contributed by atoms with E-state index in [2.05, 4.69) is 21.0 Å². The number of rotatable bonds is 5. The molecule has 0 saturated heterocycles. The predicted octanol–water partition coefficient (Wildman–Crippen LogP) is 4.45. The van der Waals surface area contributed by atoms with Crippen molar-refractivity contribution in [1.82, 2.24) is 9.78 Å². The highest BCUT2D eigenvalue weighted by molar-refractivity contribution is 9.10. The highest BCUT2D eigenvalue weighted by atomic mass is 79.9. The monoisotopic (exact) mass is 372 g/mol. The summed E-state index contributed by atoms with van der Waals surface area (Å²) in [5.74, 6) is -0.808. The van der Waals surface area contributed by atoms with E-state index in [4.69, 9.17) is 11.6 Å². The van der Waals surface area contributed by atoms with Crippen molar-refractivity contribution in [3.8, 4) is 0 Å². The molecule has 2 rings (SSSR count). The molecule has 0 aliphatic carbocycles. The number of carbonyl (C=O) groups excluding carboxylic acids is 1. The summed E-state index contributed by atoms with van der Waals surface area (Å²) < 4.78 is 16.1. The third kappa shape index (κ3) is 3.19. The number of benzene rings is 1. The number of halogens is 3. The van der Waals surface area contributed by atoms with Gasteiger partial charge in [-0.25, -0.2) is 4.39 Å². The second kappa shape index (κ2) is 6.71. The SMILES string of the molecule is CCc1nn(CC)c(CC(=O)c2cccc(F)c2Cl)c1Br. The number of Topliss-reactive ketones (excluding diaryl/α,β-unsaturated/α-hetero) is 1. The maximum atomic E-state index is 13.5. The van der Waals surface area contributed by atoms with Gasteiger partial charge in [-0.1, -0.05) is 24.6 Å². The molecule has 0 unspecified atom stereocenters. The van der Waals surface area contributed by atoms with Gasteiger partial charge >= 0.3 is 0 Å². The Hall–Kier alpha value is -1.20. The molecular formula is C15H15BrClFN2O. The zero-order valence-electron chi connectivity index (χ0n) is 11.8. The van der Waals surface area contributed by atoms with Crippen LogP contribution >= 0.6 is 27.5 Å². The normalized spacial score (nSPS) is 10.9. The van der Waals surface area contributed by atoms with E-state index in [1.165, 1.54) is 18.2 Å². The van der Waals surface area contributed by atoms with Gasteiger partial charge in [-0.15, -0.1) is 0 Å². The van der Waals surface area contributed by atoms with E-state index in [1.54, 1.807) is 4.68 Å². The molecule has 6 heteroatoms. The van der Waals surface area contributed by atoms with Crippen LogP contribution in [-0.4, -0.2) is 15.6 Å². The lowest BCUT2D eigenvalue weighted by Gasteiger charge is -2.07. The standard InChI is InChI=1S/C15H15BrClFN2O/c1-3-11-14(16)12(20(4-2)19-11)8-13(21)9-6-5-7-10(18)15(9)17/h5-7H,3-4,8H2,1-2H3. The summed E-state index contributed by atoms with van der Waals surface area (Å²) in [6, 6.07) is 4.26. The fraction of sp³-hybridized carbons (Fsp3) is 0.333. The molecule has 21 heavy (non-hydrogen) atoms. The van der Waals surface area contributed by atoms with Gasteiger partial charge in [-0.2, -0.15) is 5.10 Å². The van der Waals surface area contributed by atoms with Crippen molar-refractivity contribution in [1.29, 1.82) is 0 Å². The van der Waals surface area contributed by atoms with Crippen LogP contribution in [0, 0.1) is 5.82 Å². The van der Waals surface area contributed by atoms with Crippen LogP contribution < -0.4 is 0 Å². The van der Waals surface area contributed by atoms with Gasteiger partial charge in [-0.3, -0.25) is 9.48 Å². The molecule has 0 fully saturated rings. The van der Waals surface area contributed by atoms with Gasteiger partial charge in [0.1, 0.15) is 5.82 Å². The average molecular weight is 374 g/mol.